The third kappa shape index (κ3) is 4.18. The van der Waals surface area contributed by atoms with Gasteiger partial charge < -0.3 is 9.73 Å². The second-order valence-electron chi connectivity index (χ2n) is 6.75. The molecule has 2 aromatic heterocycles. The van der Waals surface area contributed by atoms with Crippen LogP contribution in [-0.2, 0) is 4.79 Å². The van der Waals surface area contributed by atoms with Crippen molar-refractivity contribution in [3.8, 4) is 11.3 Å². The maximum absolute atomic E-state index is 12.0. The minimum Gasteiger partial charge on any atom is -0.459 e. The number of anilines is 2. The smallest absolute Gasteiger partial charge is 0.293 e. The molecule has 3 aromatic rings. The summed E-state index contributed by atoms with van der Waals surface area (Å²) in [7, 11) is 0. The molecule has 3 rings (SSSR count). The molecule has 0 atom stereocenters. The van der Waals surface area contributed by atoms with Crippen LogP contribution in [0.4, 0.5) is 10.8 Å². The molecule has 134 valence electrons. The topological polar surface area (TPSA) is 84.2 Å². The molecule has 26 heavy (non-hydrogen) atoms. The second kappa shape index (κ2) is 7.13. The summed E-state index contributed by atoms with van der Waals surface area (Å²) in [6.45, 7) is 5.60. The van der Waals surface area contributed by atoms with Gasteiger partial charge in [0.05, 0.1) is 12.0 Å². The number of thiazole rings is 1. The van der Waals surface area contributed by atoms with Crippen LogP contribution >= 0.6 is 11.3 Å². The van der Waals surface area contributed by atoms with E-state index < -0.39 is 5.41 Å². The molecule has 2 amide bonds. The molecule has 0 aliphatic carbocycles. The predicted octanol–water partition coefficient (Wildman–Crippen LogP) is 4.64. The van der Waals surface area contributed by atoms with Gasteiger partial charge in [-0.2, -0.15) is 0 Å². The minimum absolute atomic E-state index is 0.0400. The molecule has 6 nitrogen and oxygen atoms in total. The lowest BCUT2D eigenvalue weighted by Crippen LogP contribution is -2.27. The maximum Gasteiger partial charge on any atom is 0.293 e. The molecule has 0 saturated heterocycles. The summed E-state index contributed by atoms with van der Waals surface area (Å²) in [6.07, 6.45) is 1.45. The third-order valence-electron chi connectivity index (χ3n) is 3.59. The van der Waals surface area contributed by atoms with Crippen molar-refractivity contribution in [3.63, 3.8) is 0 Å². The van der Waals surface area contributed by atoms with Crippen LogP contribution in [0.3, 0.4) is 0 Å². The van der Waals surface area contributed by atoms with Crippen LogP contribution in [0.5, 0.6) is 0 Å². The third-order valence-corrected chi connectivity index (χ3v) is 4.35. The van der Waals surface area contributed by atoms with Crippen molar-refractivity contribution in [2.75, 3.05) is 10.6 Å². The Morgan fingerprint density at radius 1 is 1.08 bits per heavy atom. The number of amides is 2. The summed E-state index contributed by atoms with van der Waals surface area (Å²) in [5.41, 5.74) is 1.93. The lowest BCUT2D eigenvalue weighted by molar-refractivity contribution is -0.123. The summed E-state index contributed by atoms with van der Waals surface area (Å²) in [6, 6.07) is 10.7. The average Bonchev–Trinajstić information content (AvgIpc) is 3.26. The molecule has 0 aliphatic rings. The van der Waals surface area contributed by atoms with Gasteiger partial charge in [0, 0.05) is 22.0 Å². The van der Waals surface area contributed by atoms with Gasteiger partial charge in [-0.3, -0.25) is 14.9 Å². The van der Waals surface area contributed by atoms with Crippen molar-refractivity contribution < 1.29 is 14.0 Å². The first-order valence-corrected chi connectivity index (χ1v) is 8.93. The van der Waals surface area contributed by atoms with Crippen LogP contribution in [0.25, 0.3) is 11.3 Å². The number of nitrogens with one attached hydrogen (secondary N) is 2. The first-order chi connectivity index (χ1) is 12.3. The fourth-order valence-corrected chi connectivity index (χ4v) is 2.79. The number of benzene rings is 1. The van der Waals surface area contributed by atoms with Crippen LogP contribution < -0.4 is 10.6 Å². The van der Waals surface area contributed by atoms with E-state index in [0.717, 1.165) is 16.9 Å². The number of rotatable bonds is 4. The number of carbonyl (C=O) groups excluding carboxylic acids is 2. The van der Waals surface area contributed by atoms with E-state index in [0.29, 0.717) is 5.13 Å². The van der Waals surface area contributed by atoms with E-state index in [-0.39, 0.29) is 17.6 Å². The monoisotopic (exact) mass is 369 g/mol. The number of furan rings is 1. The fourth-order valence-electron chi connectivity index (χ4n) is 2.07. The molecule has 2 N–H and O–H groups in total. The molecule has 0 bridgehead atoms. The normalized spacial score (nSPS) is 11.2. The number of carbonyl (C=O) groups is 2. The molecule has 7 heteroatoms. The van der Waals surface area contributed by atoms with Gasteiger partial charge in [0.2, 0.25) is 5.91 Å². The molecule has 0 aliphatic heterocycles. The number of hydrogen-bond acceptors (Lipinski definition) is 5. The summed E-state index contributed by atoms with van der Waals surface area (Å²) >= 11 is 1.33. The lowest BCUT2D eigenvalue weighted by Gasteiger charge is -2.17. The standard InChI is InChI=1S/C19H19N3O3S/c1-19(2,3)17(24)20-13-8-6-12(7-9-13)14-11-26-18(21-14)22-16(23)15-5-4-10-25-15/h4-11H,1-3H3,(H,20,24)(H,21,22,23). The van der Waals surface area contributed by atoms with E-state index in [2.05, 4.69) is 15.6 Å². The van der Waals surface area contributed by atoms with Gasteiger partial charge in [-0.05, 0) is 24.3 Å². The summed E-state index contributed by atoms with van der Waals surface area (Å²) in [4.78, 5) is 28.4. The molecule has 0 radical (unpaired) electrons. The largest absolute Gasteiger partial charge is 0.459 e. The molecular weight excluding hydrogens is 350 g/mol. The maximum atomic E-state index is 12.0. The van der Waals surface area contributed by atoms with Crippen molar-refractivity contribution in [1.82, 2.24) is 4.98 Å². The fraction of sp³-hybridized carbons (Fsp3) is 0.211. The SMILES string of the molecule is CC(C)(C)C(=O)Nc1ccc(-c2csc(NC(=O)c3ccco3)n2)cc1. The Bertz CT molecular complexity index is 906. The predicted molar refractivity (Wildman–Crippen MR) is 102 cm³/mol. The van der Waals surface area contributed by atoms with Crippen molar-refractivity contribution in [3.05, 3.63) is 53.8 Å². The Balaban J connectivity index is 1.67. The van der Waals surface area contributed by atoms with Gasteiger partial charge in [0.25, 0.3) is 5.91 Å². The molecule has 2 heterocycles. The number of aromatic nitrogens is 1. The number of hydrogen-bond donors (Lipinski definition) is 2. The van der Waals surface area contributed by atoms with E-state index >= 15 is 0 Å². The average molecular weight is 369 g/mol. The van der Waals surface area contributed by atoms with Crippen LogP contribution in [-0.4, -0.2) is 16.8 Å². The highest BCUT2D eigenvalue weighted by Gasteiger charge is 2.21. The molecule has 0 spiro atoms. The molecule has 0 saturated carbocycles. The highest BCUT2D eigenvalue weighted by molar-refractivity contribution is 7.14. The van der Waals surface area contributed by atoms with E-state index in [4.69, 9.17) is 4.42 Å². The zero-order chi connectivity index (χ0) is 18.7. The summed E-state index contributed by atoms with van der Waals surface area (Å²) < 4.78 is 5.06. The summed E-state index contributed by atoms with van der Waals surface area (Å²) in [5.74, 6) is -0.140. The zero-order valence-electron chi connectivity index (χ0n) is 14.7. The lowest BCUT2D eigenvalue weighted by atomic mass is 9.95. The van der Waals surface area contributed by atoms with Gasteiger partial charge in [-0.1, -0.05) is 32.9 Å². The molecule has 0 unspecified atom stereocenters. The molecule has 0 fully saturated rings. The highest BCUT2D eigenvalue weighted by atomic mass is 32.1. The second-order valence-corrected chi connectivity index (χ2v) is 7.61. The molecular formula is C19H19N3O3S. The van der Waals surface area contributed by atoms with Crippen molar-refractivity contribution in [2.24, 2.45) is 5.41 Å². The quantitative estimate of drug-likeness (QED) is 0.702. The van der Waals surface area contributed by atoms with E-state index in [9.17, 15) is 9.59 Å². The van der Waals surface area contributed by atoms with Gasteiger partial charge in [-0.15, -0.1) is 11.3 Å². The van der Waals surface area contributed by atoms with E-state index in [1.165, 1.54) is 17.6 Å². The van der Waals surface area contributed by atoms with Crippen LogP contribution in [0.2, 0.25) is 0 Å². The Morgan fingerprint density at radius 3 is 2.42 bits per heavy atom. The van der Waals surface area contributed by atoms with Crippen LogP contribution in [0.1, 0.15) is 31.3 Å². The Morgan fingerprint density at radius 2 is 1.81 bits per heavy atom. The van der Waals surface area contributed by atoms with Crippen LogP contribution in [0, 0.1) is 5.41 Å². The van der Waals surface area contributed by atoms with Crippen LogP contribution in [0.15, 0.2) is 52.5 Å². The van der Waals surface area contributed by atoms with Gasteiger partial charge in [0.15, 0.2) is 10.9 Å². The Labute approximate surface area is 155 Å². The first kappa shape index (κ1) is 17.9. The molecule has 1 aromatic carbocycles. The van der Waals surface area contributed by atoms with Crippen molar-refractivity contribution >= 4 is 34.0 Å². The van der Waals surface area contributed by atoms with Crippen molar-refractivity contribution in [2.45, 2.75) is 20.8 Å². The highest BCUT2D eigenvalue weighted by Crippen LogP contribution is 2.27. The summed E-state index contributed by atoms with van der Waals surface area (Å²) in [5, 5.41) is 7.94. The first-order valence-electron chi connectivity index (χ1n) is 8.05. The van der Waals surface area contributed by atoms with Gasteiger partial charge in [-0.25, -0.2) is 4.98 Å². The van der Waals surface area contributed by atoms with Gasteiger partial charge in [0.1, 0.15) is 0 Å². The van der Waals surface area contributed by atoms with E-state index in [1.807, 2.05) is 50.4 Å². The van der Waals surface area contributed by atoms with Gasteiger partial charge >= 0.3 is 0 Å². The minimum atomic E-state index is -0.450. The Hall–Kier alpha value is -2.93. The Kier molecular flexibility index (Phi) is 4.90. The zero-order valence-corrected chi connectivity index (χ0v) is 15.5. The van der Waals surface area contributed by atoms with Crippen molar-refractivity contribution in [1.29, 1.82) is 0 Å². The number of nitrogens with zero attached hydrogens (tertiary/aromatic N) is 1. The van der Waals surface area contributed by atoms with E-state index in [1.54, 1.807) is 12.1 Å².